The van der Waals surface area contributed by atoms with Crippen molar-refractivity contribution in [1.82, 2.24) is 10.2 Å². The Morgan fingerprint density at radius 3 is 2.52 bits per heavy atom. The number of rotatable bonds is 12. The standard InChI is InChI=1S/C19H32N2O2/c1-6-10-17-13-16(14-18(22-5)19(17)23-9-4)15-20-11-12-21(7-2)8-3/h6,13-14,20H,1,7-12,15H2,2-5H3. The highest BCUT2D eigenvalue weighted by Crippen LogP contribution is 2.33. The van der Waals surface area contributed by atoms with E-state index in [9.17, 15) is 0 Å². The molecule has 4 nitrogen and oxygen atoms in total. The molecule has 1 rings (SSSR count). The first-order valence-corrected chi connectivity index (χ1v) is 8.56. The smallest absolute Gasteiger partial charge is 0.164 e. The summed E-state index contributed by atoms with van der Waals surface area (Å²) in [6, 6.07) is 4.24. The summed E-state index contributed by atoms with van der Waals surface area (Å²) in [7, 11) is 1.69. The van der Waals surface area contributed by atoms with Gasteiger partial charge in [-0.15, -0.1) is 6.58 Å². The zero-order chi connectivity index (χ0) is 17.1. The van der Waals surface area contributed by atoms with Crippen molar-refractivity contribution in [3.63, 3.8) is 0 Å². The lowest BCUT2D eigenvalue weighted by molar-refractivity contribution is 0.301. The lowest BCUT2D eigenvalue weighted by Crippen LogP contribution is -2.31. The fraction of sp³-hybridized carbons (Fsp3) is 0.579. The van der Waals surface area contributed by atoms with E-state index in [0.29, 0.717) is 6.61 Å². The van der Waals surface area contributed by atoms with Crippen LogP contribution in [-0.2, 0) is 13.0 Å². The molecule has 0 heterocycles. The summed E-state index contributed by atoms with van der Waals surface area (Å²) in [4.78, 5) is 2.41. The second-order valence-corrected chi connectivity index (χ2v) is 5.42. The minimum absolute atomic E-state index is 0.627. The molecular formula is C19H32N2O2. The van der Waals surface area contributed by atoms with E-state index >= 15 is 0 Å². The molecule has 0 amide bonds. The van der Waals surface area contributed by atoms with Crippen molar-refractivity contribution in [1.29, 1.82) is 0 Å². The first-order chi connectivity index (χ1) is 11.2. The van der Waals surface area contributed by atoms with Crippen LogP contribution in [0.4, 0.5) is 0 Å². The van der Waals surface area contributed by atoms with Crippen LogP contribution in [-0.4, -0.2) is 44.8 Å². The number of methoxy groups -OCH3 is 1. The molecule has 4 heteroatoms. The summed E-state index contributed by atoms with van der Waals surface area (Å²) in [5, 5.41) is 3.51. The van der Waals surface area contributed by atoms with E-state index in [1.807, 2.05) is 13.0 Å². The van der Waals surface area contributed by atoms with Crippen molar-refractivity contribution in [2.45, 2.75) is 33.7 Å². The Bertz CT molecular complexity index is 471. The zero-order valence-corrected chi connectivity index (χ0v) is 15.2. The number of likely N-dealkylation sites (N-methyl/N-ethyl adjacent to an activating group) is 1. The van der Waals surface area contributed by atoms with Crippen LogP contribution in [0.5, 0.6) is 11.5 Å². The van der Waals surface area contributed by atoms with Crippen molar-refractivity contribution in [3.05, 3.63) is 35.9 Å². The normalized spacial score (nSPS) is 10.8. The molecule has 1 N–H and O–H groups in total. The SMILES string of the molecule is C=CCc1cc(CNCCN(CC)CC)cc(OC)c1OCC. The number of allylic oxidation sites excluding steroid dienone is 1. The molecular weight excluding hydrogens is 288 g/mol. The fourth-order valence-corrected chi connectivity index (χ4v) is 2.60. The molecule has 0 aliphatic heterocycles. The first kappa shape index (κ1) is 19.5. The van der Waals surface area contributed by atoms with Gasteiger partial charge in [-0.2, -0.15) is 0 Å². The summed E-state index contributed by atoms with van der Waals surface area (Å²) in [5.74, 6) is 1.63. The minimum atomic E-state index is 0.627. The fourth-order valence-electron chi connectivity index (χ4n) is 2.60. The van der Waals surface area contributed by atoms with Crippen molar-refractivity contribution < 1.29 is 9.47 Å². The maximum Gasteiger partial charge on any atom is 0.164 e. The summed E-state index contributed by atoms with van der Waals surface area (Å²) in [5.41, 5.74) is 2.34. The lowest BCUT2D eigenvalue weighted by Gasteiger charge is -2.19. The zero-order valence-electron chi connectivity index (χ0n) is 15.2. The molecule has 0 spiro atoms. The molecule has 0 bridgehead atoms. The van der Waals surface area contributed by atoms with Gasteiger partial charge in [-0.3, -0.25) is 0 Å². The first-order valence-electron chi connectivity index (χ1n) is 8.56. The number of benzene rings is 1. The number of hydrogen-bond donors (Lipinski definition) is 1. The minimum Gasteiger partial charge on any atom is -0.493 e. The van der Waals surface area contributed by atoms with E-state index in [4.69, 9.17) is 9.47 Å². The molecule has 0 aliphatic rings. The summed E-state index contributed by atoms with van der Waals surface area (Å²) >= 11 is 0. The molecule has 0 unspecified atom stereocenters. The largest absolute Gasteiger partial charge is 0.493 e. The predicted octanol–water partition coefficient (Wildman–Crippen LogP) is 3.25. The molecule has 0 saturated carbocycles. The Kier molecular flexibility index (Phi) is 9.41. The van der Waals surface area contributed by atoms with Gasteiger partial charge >= 0.3 is 0 Å². The molecule has 0 atom stereocenters. The Hall–Kier alpha value is -1.52. The average Bonchev–Trinajstić information content (AvgIpc) is 2.57. The highest BCUT2D eigenvalue weighted by atomic mass is 16.5. The van der Waals surface area contributed by atoms with E-state index in [-0.39, 0.29) is 0 Å². The van der Waals surface area contributed by atoms with Crippen LogP contribution in [0, 0.1) is 0 Å². The molecule has 0 saturated heterocycles. The highest BCUT2D eigenvalue weighted by molar-refractivity contribution is 5.50. The molecule has 1 aromatic rings. The maximum atomic E-state index is 5.75. The van der Waals surface area contributed by atoms with Crippen molar-refractivity contribution in [3.8, 4) is 11.5 Å². The second-order valence-electron chi connectivity index (χ2n) is 5.42. The molecule has 130 valence electrons. The quantitative estimate of drug-likeness (QED) is 0.473. The number of ether oxygens (including phenoxy) is 2. The molecule has 0 aromatic heterocycles. The van der Waals surface area contributed by atoms with Crippen LogP contribution < -0.4 is 14.8 Å². The molecule has 0 aliphatic carbocycles. The van der Waals surface area contributed by atoms with Gasteiger partial charge in [-0.05, 0) is 38.1 Å². The highest BCUT2D eigenvalue weighted by Gasteiger charge is 2.12. The van der Waals surface area contributed by atoms with Crippen molar-refractivity contribution in [2.75, 3.05) is 39.9 Å². The van der Waals surface area contributed by atoms with Crippen LogP contribution in [0.3, 0.4) is 0 Å². The van der Waals surface area contributed by atoms with Crippen LogP contribution in [0.2, 0.25) is 0 Å². The maximum absolute atomic E-state index is 5.75. The topological polar surface area (TPSA) is 33.7 Å². The van der Waals surface area contributed by atoms with Gasteiger partial charge in [0.15, 0.2) is 11.5 Å². The summed E-state index contributed by atoms with van der Waals surface area (Å²) < 4.78 is 11.3. The van der Waals surface area contributed by atoms with E-state index < -0.39 is 0 Å². The predicted molar refractivity (Wildman–Crippen MR) is 97.6 cm³/mol. The van der Waals surface area contributed by atoms with Gasteiger partial charge in [-0.1, -0.05) is 26.0 Å². The van der Waals surface area contributed by atoms with Gasteiger partial charge in [0, 0.05) is 25.2 Å². The van der Waals surface area contributed by atoms with Crippen molar-refractivity contribution in [2.24, 2.45) is 0 Å². The third kappa shape index (κ3) is 6.24. The Balaban J connectivity index is 2.74. The van der Waals surface area contributed by atoms with Crippen LogP contribution >= 0.6 is 0 Å². The Labute approximate surface area is 141 Å². The summed E-state index contributed by atoms with van der Waals surface area (Å²) in [6.07, 6.45) is 2.67. The van der Waals surface area contributed by atoms with Crippen molar-refractivity contribution >= 4 is 0 Å². The summed E-state index contributed by atoms with van der Waals surface area (Å²) in [6.45, 7) is 15.9. The second kappa shape index (κ2) is 11.1. The van der Waals surface area contributed by atoms with Gasteiger partial charge in [0.1, 0.15) is 0 Å². The lowest BCUT2D eigenvalue weighted by atomic mass is 10.1. The van der Waals surface area contributed by atoms with Gasteiger partial charge in [-0.25, -0.2) is 0 Å². The monoisotopic (exact) mass is 320 g/mol. The van der Waals surface area contributed by atoms with Gasteiger partial charge in [0.25, 0.3) is 0 Å². The van der Waals surface area contributed by atoms with E-state index in [0.717, 1.165) is 56.2 Å². The van der Waals surface area contributed by atoms with Crippen LogP contribution in [0.1, 0.15) is 31.9 Å². The molecule has 0 fully saturated rings. The number of hydrogen-bond acceptors (Lipinski definition) is 4. The van der Waals surface area contributed by atoms with Gasteiger partial charge in [0.05, 0.1) is 13.7 Å². The molecule has 0 radical (unpaired) electrons. The van der Waals surface area contributed by atoms with E-state index in [1.54, 1.807) is 7.11 Å². The Morgan fingerprint density at radius 1 is 1.22 bits per heavy atom. The number of nitrogens with zero attached hydrogens (tertiary/aromatic N) is 1. The third-order valence-corrected chi connectivity index (χ3v) is 3.89. The van der Waals surface area contributed by atoms with Crippen LogP contribution in [0.25, 0.3) is 0 Å². The number of nitrogens with one attached hydrogen (secondary N) is 1. The van der Waals surface area contributed by atoms with E-state index in [2.05, 4.69) is 42.8 Å². The Morgan fingerprint density at radius 2 is 1.96 bits per heavy atom. The van der Waals surface area contributed by atoms with Gasteiger partial charge < -0.3 is 19.7 Å². The third-order valence-electron chi connectivity index (χ3n) is 3.89. The van der Waals surface area contributed by atoms with E-state index in [1.165, 1.54) is 5.56 Å². The average molecular weight is 320 g/mol. The molecule has 23 heavy (non-hydrogen) atoms. The van der Waals surface area contributed by atoms with Gasteiger partial charge in [0.2, 0.25) is 0 Å². The van der Waals surface area contributed by atoms with Crippen LogP contribution in [0.15, 0.2) is 24.8 Å². The molecule has 1 aromatic carbocycles.